The first kappa shape index (κ1) is 23.4. The van der Waals surface area contributed by atoms with Crippen LogP contribution in [0, 0.1) is 6.92 Å². The number of aryl methyl sites for hydroxylation is 1. The van der Waals surface area contributed by atoms with Crippen LogP contribution in [0.1, 0.15) is 28.5 Å². The number of hydrazone groups is 1. The number of benzene rings is 2. The highest BCUT2D eigenvalue weighted by Crippen LogP contribution is 2.34. The lowest BCUT2D eigenvalue weighted by atomic mass is 10.00. The number of nitrogens with zero attached hydrogens (tertiary/aromatic N) is 5. The summed E-state index contributed by atoms with van der Waals surface area (Å²) in [6.07, 6.45) is 2.16. The number of hydrogen-bond donors (Lipinski definition) is 1. The van der Waals surface area contributed by atoms with E-state index in [0.29, 0.717) is 22.6 Å². The summed E-state index contributed by atoms with van der Waals surface area (Å²) in [6, 6.07) is 21.5. The number of aromatic amines is 1. The van der Waals surface area contributed by atoms with Gasteiger partial charge in [0.1, 0.15) is 5.39 Å². The lowest BCUT2D eigenvalue weighted by molar-refractivity contribution is -0.130. The normalized spacial score (nSPS) is 15.3. The number of aromatic nitrogens is 4. The van der Waals surface area contributed by atoms with E-state index in [4.69, 9.17) is 5.10 Å². The molecule has 1 amide bonds. The van der Waals surface area contributed by atoms with Crippen molar-refractivity contribution in [2.75, 3.05) is 5.75 Å². The van der Waals surface area contributed by atoms with Crippen LogP contribution in [0.25, 0.3) is 16.7 Å². The van der Waals surface area contributed by atoms with Gasteiger partial charge in [0.25, 0.3) is 11.5 Å². The zero-order valence-electron chi connectivity index (χ0n) is 19.9. The molecular weight excluding hydrogens is 504 g/mol. The topological polar surface area (TPSA) is 96.2 Å². The summed E-state index contributed by atoms with van der Waals surface area (Å²) in [5.74, 6) is -0.0706. The Morgan fingerprint density at radius 2 is 1.92 bits per heavy atom. The number of hydrogen-bond acceptors (Lipinski definition) is 7. The van der Waals surface area contributed by atoms with Gasteiger partial charge in [0.2, 0.25) is 0 Å². The maximum absolute atomic E-state index is 13.4. The summed E-state index contributed by atoms with van der Waals surface area (Å²) in [7, 11) is 0. The van der Waals surface area contributed by atoms with Crippen molar-refractivity contribution < 1.29 is 4.79 Å². The zero-order valence-corrected chi connectivity index (χ0v) is 21.5. The number of carbonyl (C=O) groups is 1. The second-order valence-corrected chi connectivity index (χ2v) is 10.6. The third kappa shape index (κ3) is 4.61. The molecule has 0 spiro atoms. The molecule has 0 saturated heterocycles. The summed E-state index contributed by atoms with van der Waals surface area (Å²) >= 11 is 2.80. The van der Waals surface area contributed by atoms with Crippen molar-refractivity contribution in [1.82, 2.24) is 24.8 Å². The van der Waals surface area contributed by atoms with Gasteiger partial charge in [-0.25, -0.2) is 14.7 Å². The molecule has 0 bridgehead atoms. The van der Waals surface area contributed by atoms with E-state index in [2.05, 4.69) is 39.3 Å². The number of H-pyrrole nitrogens is 1. The maximum Gasteiger partial charge on any atom is 0.262 e. The molecule has 1 aliphatic heterocycles. The van der Waals surface area contributed by atoms with E-state index in [1.54, 1.807) is 21.0 Å². The standard InChI is InChI=1S/C27H22N6O2S2/c1-17-9-11-18(12-10-17)22-14-21(23-8-5-13-36-23)31-33(22)24(34)16-37-27-29-25-20(26(35)30-27)15-28-32(25)19-6-3-2-4-7-19/h2-13,15,22H,14,16H2,1H3,(H,29,30,35)/t22-/m1/s1. The largest absolute Gasteiger partial charge is 0.301 e. The fraction of sp³-hybridized carbons (Fsp3) is 0.148. The van der Waals surface area contributed by atoms with E-state index >= 15 is 0 Å². The first-order chi connectivity index (χ1) is 18.1. The van der Waals surface area contributed by atoms with Gasteiger partial charge >= 0.3 is 0 Å². The van der Waals surface area contributed by atoms with Gasteiger partial charge in [0.15, 0.2) is 10.8 Å². The van der Waals surface area contributed by atoms with Crippen LogP contribution in [0.15, 0.2) is 93.4 Å². The molecule has 5 aromatic rings. The number of fused-ring (bicyclic) bond motifs is 1. The molecule has 10 heteroatoms. The Balaban J connectivity index is 1.27. The van der Waals surface area contributed by atoms with Crippen molar-refractivity contribution in [2.45, 2.75) is 24.5 Å². The molecule has 1 N–H and O–H groups in total. The summed E-state index contributed by atoms with van der Waals surface area (Å²) in [5, 5.41) is 13.4. The summed E-state index contributed by atoms with van der Waals surface area (Å²) in [4.78, 5) is 34.6. The molecule has 4 heterocycles. The lowest BCUT2D eigenvalue weighted by Gasteiger charge is -2.22. The van der Waals surface area contributed by atoms with Crippen LogP contribution in [0.5, 0.6) is 0 Å². The molecule has 0 radical (unpaired) electrons. The average Bonchev–Trinajstić information content (AvgIpc) is 3.68. The minimum absolute atomic E-state index is 0.0809. The van der Waals surface area contributed by atoms with Crippen molar-refractivity contribution in [2.24, 2.45) is 5.10 Å². The molecule has 184 valence electrons. The number of nitrogens with one attached hydrogen (secondary N) is 1. The summed E-state index contributed by atoms with van der Waals surface area (Å²) in [6.45, 7) is 2.04. The van der Waals surface area contributed by atoms with E-state index in [1.807, 2.05) is 54.8 Å². The number of rotatable bonds is 6. The van der Waals surface area contributed by atoms with Crippen molar-refractivity contribution in [3.05, 3.63) is 105 Å². The Kier molecular flexibility index (Phi) is 6.19. The smallest absolute Gasteiger partial charge is 0.262 e. The van der Waals surface area contributed by atoms with Crippen molar-refractivity contribution in [1.29, 1.82) is 0 Å². The quantitative estimate of drug-likeness (QED) is 0.250. The first-order valence-corrected chi connectivity index (χ1v) is 13.6. The summed E-state index contributed by atoms with van der Waals surface area (Å²) < 4.78 is 1.63. The second-order valence-electron chi connectivity index (χ2n) is 8.68. The van der Waals surface area contributed by atoms with Crippen molar-refractivity contribution in [3.63, 3.8) is 0 Å². The van der Waals surface area contributed by atoms with Gasteiger partial charge in [0.05, 0.1) is 34.3 Å². The van der Waals surface area contributed by atoms with Gasteiger partial charge in [0, 0.05) is 6.42 Å². The summed E-state index contributed by atoms with van der Waals surface area (Å²) in [5.41, 5.74) is 4.06. The molecule has 0 aliphatic carbocycles. The SMILES string of the molecule is Cc1ccc([C@H]2CC(c3cccs3)=NN2C(=O)CSc2nc3c(cnn3-c3ccccc3)c(=O)[nH]2)cc1. The van der Waals surface area contributed by atoms with E-state index in [-0.39, 0.29) is 23.3 Å². The fourth-order valence-corrected chi connectivity index (χ4v) is 5.73. The van der Waals surface area contributed by atoms with Crippen LogP contribution in [0.3, 0.4) is 0 Å². The third-order valence-corrected chi connectivity index (χ3v) is 7.96. The Morgan fingerprint density at radius 1 is 1.11 bits per heavy atom. The van der Waals surface area contributed by atoms with Crippen LogP contribution < -0.4 is 5.56 Å². The van der Waals surface area contributed by atoms with E-state index in [9.17, 15) is 9.59 Å². The number of carbonyl (C=O) groups excluding carboxylic acids is 1. The predicted octanol–water partition coefficient (Wildman–Crippen LogP) is 4.95. The van der Waals surface area contributed by atoms with Gasteiger partial charge < -0.3 is 4.98 Å². The van der Waals surface area contributed by atoms with E-state index in [1.165, 1.54) is 18.0 Å². The Bertz CT molecular complexity index is 1660. The Hall–Kier alpha value is -4.02. The molecule has 0 saturated carbocycles. The number of amides is 1. The average molecular weight is 527 g/mol. The molecular formula is C27H22N6O2S2. The van der Waals surface area contributed by atoms with Gasteiger partial charge in [-0.1, -0.05) is 65.9 Å². The van der Waals surface area contributed by atoms with E-state index < -0.39 is 0 Å². The molecule has 1 atom stereocenters. The third-order valence-electron chi connectivity index (χ3n) is 6.18. The molecule has 1 aliphatic rings. The Labute approximate surface area is 220 Å². The van der Waals surface area contributed by atoms with Crippen molar-refractivity contribution >= 4 is 45.8 Å². The highest BCUT2D eigenvalue weighted by atomic mass is 32.2. The first-order valence-electron chi connectivity index (χ1n) is 11.7. The molecule has 0 fully saturated rings. The number of thiophene rings is 1. The zero-order chi connectivity index (χ0) is 25.4. The monoisotopic (exact) mass is 526 g/mol. The van der Waals surface area contributed by atoms with E-state index in [0.717, 1.165) is 27.4 Å². The predicted molar refractivity (Wildman–Crippen MR) is 146 cm³/mol. The van der Waals surface area contributed by atoms with Crippen LogP contribution in [-0.2, 0) is 4.79 Å². The lowest BCUT2D eigenvalue weighted by Crippen LogP contribution is -2.28. The van der Waals surface area contributed by atoms with Crippen LogP contribution >= 0.6 is 23.1 Å². The minimum atomic E-state index is -0.293. The molecule has 2 aromatic carbocycles. The Morgan fingerprint density at radius 3 is 2.68 bits per heavy atom. The fourth-order valence-electron chi connectivity index (χ4n) is 4.30. The van der Waals surface area contributed by atoms with Gasteiger partial charge in [-0.05, 0) is 36.1 Å². The molecule has 0 unspecified atom stereocenters. The van der Waals surface area contributed by atoms with Gasteiger partial charge in [-0.3, -0.25) is 9.59 Å². The molecule has 8 nitrogen and oxygen atoms in total. The molecule has 6 rings (SSSR count). The van der Waals surface area contributed by atoms with Gasteiger partial charge in [-0.15, -0.1) is 11.3 Å². The highest BCUT2D eigenvalue weighted by molar-refractivity contribution is 7.99. The number of para-hydroxylation sites is 1. The molecule has 37 heavy (non-hydrogen) atoms. The van der Waals surface area contributed by atoms with Gasteiger partial charge in [-0.2, -0.15) is 10.2 Å². The second kappa shape index (κ2) is 9.79. The molecule has 3 aromatic heterocycles. The van der Waals surface area contributed by atoms with Crippen LogP contribution in [-0.4, -0.2) is 42.1 Å². The minimum Gasteiger partial charge on any atom is -0.301 e. The van der Waals surface area contributed by atoms with Crippen LogP contribution in [0.2, 0.25) is 0 Å². The maximum atomic E-state index is 13.4. The number of thioether (sulfide) groups is 1. The van der Waals surface area contributed by atoms with Crippen LogP contribution in [0.4, 0.5) is 0 Å². The van der Waals surface area contributed by atoms with Crippen molar-refractivity contribution in [3.8, 4) is 5.69 Å². The highest BCUT2D eigenvalue weighted by Gasteiger charge is 2.33.